The Balaban J connectivity index is 2.17. The molecular weight excluding hydrogens is 362 g/mol. The normalized spacial score (nSPS) is 12.2. The van der Waals surface area contributed by atoms with Gasteiger partial charge in [0.25, 0.3) is 0 Å². The van der Waals surface area contributed by atoms with E-state index in [-0.39, 0.29) is 0 Å². The van der Waals surface area contributed by atoms with Crippen LogP contribution in [0, 0.1) is 0 Å². The minimum absolute atomic E-state index is 0.673. The summed E-state index contributed by atoms with van der Waals surface area (Å²) in [4.78, 5) is 0. The van der Waals surface area contributed by atoms with Gasteiger partial charge in [0.05, 0.1) is 18.6 Å². The van der Waals surface area contributed by atoms with E-state index >= 15 is 0 Å². The first kappa shape index (κ1) is 27.2. The van der Waals surface area contributed by atoms with Gasteiger partial charge in [-0.2, -0.15) is 0 Å². The Hall–Kier alpha value is -0.820. The van der Waals surface area contributed by atoms with E-state index in [0.29, 0.717) is 12.1 Å². The third-order valence-electron chi connectivity index (χ3n) is 7.30. The Morgan fingerprint density at radius 3 is 1.37 bits per heavy atom. The van der Waals surface area contributed by atoms with E-state index in [2.05, 4.69) is 65.0 Å². The minimum Gasteiger partial charge on any atom is -0.316 e. The molecule has 1 rings (SSSR count). The van der Waals surface area contributed by atoms with Crippen molar-refractivity contribution in [3.63, 3.8) is 0 Å². The average molecular weight is 417 g/mol. The van der Waals surface area contributed by atoms with Gasteiger partial charge in [0.1, 0.15) is 6.54 Å². The molecule has 0 aliphatic heterocycles. The molecule has 0 spiro atoms. The van der Waals surface area contributed by atoms with E-state index in [1.165, 1.54) is 113 Å². The molecule has 174 valence electrons. The SMILES string of the molecule is CCCCCCCCCCCCCCCC[N+](Cc1ccccc1)(C(C)C)C(C)C. The minimum atomic E-state index is 0.673. The molecule has 0 saturated heterocycles. The van der Waals surface area contributed by atoms with Crippen LogP contribution >= 0.6 is 0 Å². The maximum Gasteiger partial charge on any atom is 0.105 e. The number of rotatable bonds is 19. The van der Waals surface area contributed by atoms with E-state index in [4.69, 9.17) is 0 Å². The van der Waals surface area contributed by atoms with Crippen molar-refractivity contribution in [2.24, 2.45) is 0 Å². The zero-order chi connectivity index (χ0) is 22.1. The van der Waals surface area contributed by atoms with Crippen LogP contribution in [0.15, 0.2) is 30.3 Å². The molecule has 0 radical (unpaired) electrons. The molecule has 0 heterocycles. The van der Waals surface area contributed by atoms with E-state index in [0.717, 1.165) is 0 Å². The molecule has 0 saturated carbocycles. The van der Waals surface area contributed by atoms with E-state index in [9.17, 15) is 0 Å². The third-order valence-corrected chi connectivity index (χ3v) is 7.30. The van der Waals surface area contributed by atoms with Crippen LogP contribution in [-0.4, -0.2) is 23.1 Å². The van der Waals surface area contributed by atoms with Crippen molar-refractivity contribution in [2.75, 3.05) is 6.54 Å². The first-order valence-electron chi connectivity index (χ1n) is 13.4. The Morgan fingerprint density at radius 2 is 0.967 bits per heavy atom. The molecular formula is C29H54N+. The molecule has 1 heteroatoms. The second-order valence-corrected chi connectivity index (χ2v) is 10.3. The molecule has 1 nitrogen and oxygen atoms in total. The summed E-state index contributed by atoms with van der Waals surface area (Å²) in [5.41, 5.74) is 1.49. The first-order valence-corrected chi connectivity index (χ1v) is 13.4. The molecule has 0 aliphatic carbocycles. The van der Waals surface area contributed by atoms with Crippen LogP contribution in [0.5, 0.6) is 0 Å². The lowest BCUT2D eigenvalue weighted by atomic mass is 10.0. The van der Waals surface area contributed by atoms with Crippen molar-refractivity contribution >= 4 is 0 Å². The number of hydrogen-bond donors (Lipinski definition) is 0. The highest BCUT2D eigenvalue weighted by Gasteiger charge is 2.34. The van der Waals surface area contributed by atoms with Crippen LogP contribution in [0.3, 0.4) is 0 Å². The smallest absolute Gasteiger partial charge is 0.105 e. The number of benzene rings is 1. The van der Waals surface area contributed by atoms with Crippen LogP contribution in [0.2, 0.25) is 0 Å². The Bertz CT molecular complexity index is 482. The monoisotopic (exact) mass is 416 g/mol. The molecule has 30 heavy (non-hydrogen) atoms. The van der Waals surface area contributed by atoms with Gasteiger partial charge in [-0.15, -0.1) is 0 Å². The molecule has 0 atom stereocenters. The number of quaternary nitrogens is 1. The highest BCUT2D eigenvalue weighted by atomic mass is 15.4. The summed E-state index contributed by atoms with van der Waals surface area (Å²) in [6, 6.07) is 12.5. The van der Waals surface area contributed by atoms with Gasteiger partial charge in [0.15, 0.2) is 0 Å². The van der Waals surface area contributed by atoms with Gasteiger partial charge in [-0.25, -0.2) is 0 Å². The van der Waals surface area contributed by atoms with Gasteiger partial charge in [-0.3, -0.25) is 0 Å². The second-order valence-electron chi connectivity index (χ2n) is 10.3. The van der Waals surface area contributed by atoms with Crippen molar-refractivity contribution in [2.45, 2.75) is 143 Å². The quantitative estimate of drug-likeness (QED) is 0.156. The number of hydrogen-bond acceptors (Lipinski definition) is 0. The summed E-state index contributed by atoms with van der Waals surface area (Å²) in [6.07, 6.45) is 20.1. The van der Waals surface area contributed by atoms with Crippen molar-refractivity contribution < 1.29 is 4.48 Å². The molecule has 0 bridgehead atoms. The van der Waals surface area contributed by atoms with Gasteiger partial charge in [-0.1, -0.05) is 114 Å². The Kier molecular flexibility index (Phi) is 15.3. The Morgan fingerprint density at radius 1 is 0.567 bits per heavy atom. The van der Waals surface area contributed by atoms with E-state index in [1.54, 1.807) is 0 Å². The third kappa shape index (κ3) is 11.0. The maximum absolute atomic E-state index is 2.42. The standard InChI is InChI=1S/C29H54N/c1-6-7-8-9-10-11-12-13-14-15-16-17-18-22-25-30(27(2)3,28(4)5)26-29-23-20-19-21-24-29/h19-21,23-24,27-28H,6-18,22,25-26H2,1-5H3/q+1. The summed E-state index contributed by atoms with van der Waals surface area (Å²) < 4.78 is 1.22. The maximum atomic E-state index is 2.42. The topological polar surface area (TPSA) is 0 Å². The molecule has 0 fully saturated rings. The highest BCUT2D eigenvalue weighted by Crippen LogP contribution is 2.26. The molecule has 0 aliphatic rings. The highest BCUT2D eigenvalue weighted by molar-refractivity contribution is 5.13. The molecule has 0 amide bonds. The predicted octanol–water partition coefficient (Wildman–Crippen LogP) is 9.30. The van der Waals surface area contributed by atoms with Gasteiger partial charge in [0, 0.05) is 5.56 Å². The second kappa shape index (κ2) is 16.8. The average Bonchev–Trinajstić information content (AvgIpc) is 2.73. The van der Waals surface area contributed by atoms with E-state index < -0.39 is 0 Å². The van der Waals surface area contributed by atoms with Gasteiger partial charge >= 0.3 is 0 Å². The lowest BCUT2D eigenvalue weighted by Crippen LogP contribution is -2.57. The van der Waals surface area contributed by atoms with Gasteiger partial charge in [-0.05, 0) is 40.5 Å². The first-order chi connectivity index (χ1) is 14.5. The molecule has 1 aromatic carbocycles. The lowest BCUT2D eigenvalue weighted by Gasteiger charge is -2.46. The molecule has 0 N–H and O–H groups in total. The fraction of sp³-hybridized carbons (Fsp3) is 0.793. The van der Waals surface area contributed by atoms with Gasteiger partial charge < -0.3 is 4.48 Å². The van der Waals surface area contributed by atoms with Crippen molar-refractivity contribution in [3.8, 4) is 0 Å². The molecule has 1 aromatic rings. The largest absolute Gasteiger partial charge is 0.316 e. The molecule has 0 aromatic heterocycles. The fourth-order valence-electron chi connectivity index (χ4n) is 5.08. The Labute approximate surface area is 190 Å². The summed E-state index contributed by atoms with van der Waals surface area (Å²) in [5, 5.41) is 0. The number of unbranched alkanes of at least 4 members (excludes halogenated alkanes) is 13. The van der Waals surface area contributed by atoms with Crippen molar-refractivity contribution in [1.29, 1.82) is 0 Å². The van der Waals surface area contributed by atoms with Crippen LogP contribution in [0.4, 0.5) is 0 Å². The summed E-state index contributed by atoms with van der Waals surface area (Å²) in [5.74, 6) is 0. The predicted molar refractivity (Wildman–Crippen MR) is 136 cm³/mol. The van der Waals surface area contributed by atoms with Crippen molar-refractivity contribution in [3.05, 3.63) is 35.9 Å². The fourth-order valence-corrected chi connectivity index (χ4v) is 5.08. The van der Waals surface area contributed by atoms with Crippen molar-refractivity contribution in [1.82, 2.24) is 0 Å². The summed E-state index contributed by atoms with van der Waals surface area (Å²) in [6.45, 7) is 14.5. The van der Waals surface area contributed by atoms with E-state index in [1.807, 2.05) is 0 Å². The van der Waals surface area contributed by atoms with Crippen LogP contribution in [-0.2, 0) is 6.54 Å². The molecule has 0 unspecified atom stereocenters. The van der Waals surface area contributed by atoms with Crippen LogP contribution in [0.1, 0.15) is 130 Å². The zero-order valence-corrected chi connectivity index (χ0v) is 21.3. The summed E-state index contributed by atoms with van der Waals surface area (Å²) in [7, 11) is 0. The van der Waals surface area contributed by atoms with Crippen LogP contribution < -0.4 is 0 Å². The van der Waals surface area contributed by atoms with Gasteiger partial charge in [0.2, 0.25) is 0 Å². The van der Waals surface area contributed by atoms with Crippen LogP contribution in [0.25, 0.3) is 0 Å². The summed E-state index contributed by atoms with van der Waals surface area (Å²) >= 11 is 0. The lowest BCUT2D eigenvalue weighted by molar-refractivity contribution is -0.979. The zero-order valence-electron chi connectivity index (χ0n) is 21.3. The number of nitrogens with zero attached hydrogens (tertiary/aromatic N) is 1.